The molecule has 156 valence electrons. The third kappa shape index (κ3) is 5.67. The van der Waals surface area contributed by atoms with Gasteiger partial charge in [0.15, 0.2) is 0 Å². The van der Waals surface area contributed by atoms with Crippen LogP contribution in [0.4, 0.5) is 5.69 Å². The summed E-state index contributed by atoms with van der Waals surface area (Å²) >= 11 is 0. The van der Waals surface area contributed by atoms with Gasteiger partial charge < -0.3 is 19.7 Å². The number of likely N-dealkylation sites (N-methyl/N-ethyl adjacent to an activating group) is 1. The van der Waals surface area contributed by atoms with Crippen LogP contribution in [0, 0.1) is 0 Å². The molecule has 28 heavy (non-hydrogen) atoms. The second-order valence-corrected chi connectivity index (χ2v) is 6.56. The average molecular weight is 393 g/mol. The van der Waals surface area contributed by atoms with E-state index < -0.39 is 0 Å². The second kappa shape index (κ2) is 11.0. The number of nitrogens with one attached hydrogen (secondary N) is 1. The summed E-state index contributed by atoms with van der Waals surface area (Å²) in [4.78, 5) is 27.1. The summed E-state index contributed by atoms with van der Waals surface area (Å²) in [5, 5.41) is 6.51. The lowest BCUT2D eigenvalue weighted by molar-refractivity contribution is -0.120. The van der Waals surface area contributed by atoms with Gasteiger partial charge in [0.2, 0.25) is 5.91 Å². The predicted molar refractivity (Wildman–Crippen MR) is 109 cm³/mol. The Morgan fingerprint density at radius 1 is 1.21 bits per heavy atom. The molecule has 0 aromatic heterocycles. The molecule has 8 nitrogen and oxygen atoms in total. The predicted octanol–water partition coefficient (Wildman–Crippen LogP) is 1.37. The number of benzene rings is 1. The van der Waals surface area contributed by atoms with Crippen molar-refractivity contribution in [3.05, 3.63) is 23.8 Å². The molecule has 1 heterocycles. The largest absolute Gasteiger partial charge is 0.496 e. The van der Waals surface area contributed by atoms with E-state index in [9.17, 15) is 9.59 Å². The number of morpholine rings is 1. The topological polar surface area (TPSA) is 74.4 Å². The molecule has 0 atom stereocenters. The van der Waals surface area contributed by atoms with Gasteiger partial charge in [0.25, 0.3) is 5.91 Å². The normalized spacial score (nSPS) is 14.8. The van der Waals surface area contributed by atoms with E-state index in [1.807, 2.05) is 5.01 Å². The van der Waals surface area contributed by atoms with E-state index in [-0.39, 0.29) is 11.8 Å². The number of carbonyl (C=O) groups is 2. The average Bonchev–Trinajstić information content (AvgIpc) is 2.71. The maximum atomic E-state index is 12.6. The summed E-state index contributed by atoms with van der Waals surface area (Å²) in [5.41, 5.74) is 1.13. The Morgan fingerprint density at radius 2 is 1.89 bits per heavy atom. The van der Waals surface area contributed by atoms with Crippen molar-refractivity contribution in [2.75, 3.05) is 64.6 Å². The highest BCUT2D eigenvalue weighted by atomic mass is 16.5. The van der Waals surface area contributed by atoms with Gasteiger partial charge in [-0.2, -0.15) is 0 Å². The highest BCUT2D eigenvalue weighted by molar-refractivity contribution is 5.98. The number of methoxy groups -OCH3 is 1. The Bertz CT molecular complexity index is 658. The number of hydrazine groups is 1. The Labute approximate surface area is 167 Å². The summed E-state index contributed by atoms with van der Waals surface area (Å²) < 4.78 is 10.8. The van der Waals surface area contributed by atoms with E-state index in [1.54, 1.807) is 23.2 Å². The summed E-state index contributed by atoms with van der Waals surface area (Å²) in [6.07, 6.45) is 0. The molecular formula is C20H32N4O4. The Hall–Kier alpha value is -2.16. The van der Waals surface area contributed by atoms with Crippen molar-refractivity contribution < 1.29 is 19.1 Å². The molecule has 1 N–H and O–H groups in total. The minimum atomic E-state index is -0.184. The van der Waals surface area contributed by atoms with Crippen molar-refractivity contribution in [2.45, 2.75) is 20.8 Å². The molecule has 0 spiro atoms. The quantitative estimate of drug-likeness (QED) is 0.684. The van der Waals surface area contributed by atoms with Crippen LogP contribution in [0.25, 0.3) is 0 Å². The first kappa shape index (κ1) is 22.1. The number of anilines is 1. The number of amides is 2. The van der Waals surface area contributed by atoms with Crippen LogP contribution >= 0.6 is 0 Å². The van der Waals surface area contributed by atoms with Gasteiger partial charge in [0, 0.05) is 39.2 Å². The summed E-state index contributed by atoms with van der Waals surface area (Å²) in [6.45, 7) is 11.4. The molecule has 2 rings (SSSR count). The van der Waals surface area contributed by atoms with Gasteiger partial charge in [-0.15, -0.1) is 0 Å². The summed E-state index contributed by atoms with van der Waals surface area (Å²) in [6, 6.07) is 5.21. The van der Waals surface area contributed by atoms with Crippen molar-refractivity contribution in [3.8, 4) is 5.75 Å². The van der Waals surface area contributed by atoms with Gasteiger partial charge in [0.1, 0.15) is 5.75 Å². The van der Waals surface area contributed by atoms with Gasteiger partial charge in [-0.05, 0) is 25.2 Å². The van der Waals surface area contributed by atoms with Crippen molar-refractivity contribution in [2.24, 2.45) is 0 Å². The molecule has 0 aliphatic carbocycles. The molecule has 8 heteroatoms. The number of ether oxygens (including phenoxy) is 2. The highest BCUT2D eigenvalue weighted by Gasteiger charge is 2.24. The Morgan fingerprint density at radius 3 is 2.46 bits per heavy atom. The van der Waals surface area contributed by atoms with Crippen molar-refractivity contribution in [3.63, 3.8) is 0 Å². The molecular weight excluding hydrogens is 360 g/mol. The number of hydrogen-bond acceptors (Lipinski definition) is 6. The van der Waals surface area contributed by atoms with Crippen LogP contribution in [0.5, 0.6) is 5.75 Å². The van der Waals surface area contributed by atoms with Gasteiger partial charge in [-0.1, -0.05) is 13.8 Å². The first-order valence-corrected chi connectivity index (χ1v) is 9.83. The van der Waals surface area contributed by atoms with Gasteiger partial charge >= 0.3 is 0 Å². The highest BCUT2D eigenvalue weighted by Crippen LogP contribution is 2.27. The van der Waals surface area contributed by atoms with Crippen LogP contribution in [0.2, 0.25) is 0 Å². The maximum Gasteiger partial charge on any atom is 0.255 e. The Kier molecular flexibility index (Phi) is 8.69. The third-order valence-corrected chi connectivity index (χ3v) is 4.85. The summed E-state index contributed by atoms with van der Waals surface area (Å²) in [5.74, 6) is 0.161. The molecule has 1 aromatic rings. The molecule has 0 unspecified atom stereocenters. The zero-order valence-electron chi connectivity index (χ0n) is 17.4. The van der Waals surface area contributed by atoms with E-state index in [0.29, 0.717) is 49.8 Å². The maximum absolute atomic E-state index is 12.6. The smallest absolute Gasteiger partial charge is 0.255 e. The van der Waals surface area contributed by atoms with Crippen LogP contribution in [0.15, 0.2) is 18.2 Å². The van der Waals surface area contributed by atoms with Crippen molar-refractivity contribution >= 4 is 17.5 Å². The molecule has 1 fully saturated rings. The van der Waals surface area contributed by atoms with E-state index in [1.165, 1.54) is 14.0 Å². The number of nitrogens with zero attached hydrogens (tertiary/aromatic N) is 3. The molecule has 0 radical (unpaired) electrons. The van der Waals surface area contributed by atoms with Gasteiger partial charge in [0.05, 0.1) is 31.6 Å². The molecule has 2 amide bonds. The zero-order chi connectivity index (χ0) is 20.5. The zero-order valence-corrected chi connectivity index (χ0v) is 17.4. The van der Waals surface area contributed by atoms with E-state index in [2.05, 4.69) is 24.1 Å². The lowest BCUT2D eigenvalue weighted by Gasteiger charge is -2.36. The lowest BCUT2D eigenvalue weighted by atomic mass is 10.1. The first-order valence-electron chi connectivity index (χ1n) is 9.83. The minimum Gasteiger partial charge on any atom is -0.496 e. The molecule has 1 aliphatic heterocycles. The van der Waals surface area contributed by atoms with Gasteiger partial charge in [-0.3, -0.25) is 9.59 Å². The van der Waals surface area contributed by atoms with Gasteiger partial charge in [-0.25, -0.2) is 10.0 Å². The van der Waals surface area contributed by atoms with Crippen molar-refractivity contribution in [1.82, 2.24) is 15.2 Å². The molecule has 0 bridgehead atoms. The fourth-order valence-corrected chi connectivity index (χ4v) is 3.26. The fraction of sp³-hybridized carbons (Fsp3) is 0.600. The fourth-order valence-electron chi connectivity index (χ4n) is 3.26. The number of hydrogen-bond donors (Lipinski definition) is 1. The Balaban J connectivity index is 2.13. The van der Waals surface area contributed by atoms with Crippen LogP contribution in [-0.4, -0.2) is 81.3 Å². The first-order chi connectivity index (χ1) is 13.5. The molecule has 1 saturated heterocycles. The van der Waals surface area contributed by atoms with Crippen LogP contribution in [0.1, 0.15) is 31.1 Å². The molecule has 0 saturated carbocycles. The SMILES string of the molecule is CCN(CC)CCNC(=O)c1ccc(N(C(C)=O)N2CCOCC2)cc1OC. The molecule has 1 aliphatic rings. The van der Waals surface area contributed by atoms with Crippen molar-refractivity contribution in [1.29, 1.82) is 0 Å². The van der Waals surface area contributed by atoms with Crippen LogP contribution in [-0.2, 0) is 9.53 Å². The van der Waals surface area contributed by atoms with E-state index in [0.717, 1.165) is 19.6 Å². The third-order valence-electron chi connectivity index (χ3n) is 4.85. The monoisotopic (exact) mass is 392 g/mol. The standard InChI is InChI=1S/C20H32N4O4/c1-5-22(6-2)10-9-21-20(26)18-8-7-17(15-19(18)27-4)24(16(3)25)23-11-13-28-14-12-23/h7-8,15H,5-6,9-14H2,1-4H3,(H,21,26). The number of carbonyl (C=O) groups excluding carboxylic acids is 2. The minimum absolute atomic E-state index is 0.0969. The molecule has 1 aromatic carbocycles. The van der Waals surface area contributed by atoms with E-state index in [4.69, 9.17) is 9.47 Å². The van der Waals surface area contributed by atoms with Crippen LogP contribution in [0.3, 0.4) is 0 Å². The second-order valence-electron chi connectivity index (χ2n) is 6.56. The van der Waals surface area contributed by atoms with Crippen LogP contribution < -0.4 is 15.1 Å². The number of rotatable bonds is 9. The summed E-state index contributed by atoms with van der Waals surface area (Å²) in [7, 11) is 1.53. The lowest BCUT2D eigenvalue weighted by Crippen LogP contribution is -2.51. The van der Waals surface area contributed by atoms with E-state index >= 15 is 0 Å².